The first-order valence-electron chi connectivity index (χ1n) is 10.4. The molecule has 0 atom stereocenters. The minimum Gasteiger partial charge on any atom is -0.478 e. The molecule has 3 aromatic heterocycles. The molecule has 0 aliphatic rings. The van der Waals surface area contributed by atoms with E-state index >= 15 is 0 Å². The van der Waals surface area contributed by atoms with Crippen molar-refractivity contribution in [2.45, 2.75) is 6.54 Å². The number of hydrogen-bond acceptors (Lipinski definition) is 7. The number of pyridine rings is 1. The van der Waals surface area contributed by atoms with Crippen LogP contribution in [0, 0.1) is 5.82 Å². The minimum absolute atomic E-state index is 0.0357. The molecule has 2 aromatic carbocycles. The normalized spacial score (nSPS) is 10.9. The summed E-state index contributed by atoms with van der Waals surface area (Å²) in [5, 5.41) is 15.5. The Morgan fingerprint density at radius 3 is 2.74 bits per heavy atom. The molecule has 0 aliphatic heterocycles. The van der Waals surface area contributed by atoms with E-state index < -0.39 is 11.8 Å². The van der Waals surface area contributed by atoms with Crippen molar-refractivity contribution in [3.8, 4) is 11.1 Å². The Hall–Kier alpha value is -4.57. The van der Waals surface area contributed by atoms with Crippen LogP contribution in [0.1, 0.15) is 16.2 Å². The second-order valence-corrected chi connectivity index (χ2v) is 7.94. The third-order valence-corrected chi connectivity index (χ3v) is 5.41. The number of H-pyrrole nitrogens is 1. The molecular formula is C24H17ClFN7O2. The highest BCUT2D eigenvalue weighted by Crippen LogP contribution is 2.29. The molecule has 0 spiro atoms. The van der Waals surface area contributed by atoms with Gasteiger partial charge in [0.1, 0.15) is 17.5 Å². The van der Waals surface area contributed by atoms with Crippen molar-refractivity contribution in [2.75, 3.05) is 10.6 Å². The largest absolute Gasteiger partial charge is 0.478 e. The SMILES string of the molecule is O=C(O)c1cncc(-c2cnc(Nc3ccc(F)c(Cl)c3)nc2NCc2nc3ccccc3[nH]2)c1. The van der Waals surface area contributed by atoms with Gasteiger partial charge in [0.25, 0.3) is 0 Å². The molecule has 3 heterocycles. The first-order chi connectivity index (χ1) is 17.0. The van der Waals surface area contributed by atoms with Crippen LogP contribution < -0.4 is 10.6 Å². The summed E-state index contributed by atoms with van der Waals surface area (Å²) in [5.41, 5.74) is 3.34. The van der Waals surface area contributed by atoms with E-state index in [0.717, 1.165) is 11.0 Å². The first kappa shape index (κ1) is 22.2. The maximum atomic E-state index is 13.5. The number of nitrogens with zero attached hydrogens (tertiary/aromatic N) is 4. The second kappa shape index (κ2) is 9.35. The maximum absolute atomic E-state index is 13.5. The first-order valence-corrected chi connectivity index (χ1v) is 10.8. The van der Waals surface area contributed by atoms with Gasteiger partial charge in [-0.25, -0.2) is 19.2 Å². The third kappa shape index (κ3) is 4.87. The maximum Gasteiger partial charge on any atom is 0.337 e. The number of carboxylic acids is 1. The summed E-state index contributed by atoms with van der Waals surface area (Å²) in [6.45, 7) is 0.312. The van der Waals surface area contributed by atoms with Gasteiger partial charge in [0.05, 0.1) is 28.2 Å². The van der Waals surface area contributed by atoms with E-state index in [1.807, 2.05) is 24.3 Å². The molecule has 5 aromatic rings. The lowest BCUT2D eigenvalue weighted by Gasteiger charge is -2.13. The molecule has 0 aliphatic carbocycles. The van der Waals surface area contributed by atoms with Gasteiger partial charge in [0.2, 0.25) is 5.95 Å². The van der Waals surface area contributed by atoms with E-state index in [9.17, 15) is 14.3 Å². The van der Waals surface area contributed by atoms with Crippen LogP contribution in [-0.2, 0) is 6.54 Å². The number of carboxylic acid groups (broad SMARTS) is 1. The van der Waals surface area contributed by atoms with Gasteiger partial charge in [-0.1, -0.05) is 23.7 Å². The quantitative estimate of drug-likeness (QED) is 0.243. The van der Waals surface area contributed by atoms with Gasteiger partial charge >= 0.3 is 5.97 Å². The Balaban J connectivity index is 1.49. The molecule has 0 amide bonds. The predicted octanol–water partition coefficient (Wildman–Crippen LogP) is 5.26. The highest BCUT2D eigenvalue weighted by molar-refractivity contribution is 6.31. The number of halogens is 2. The van der Waals surface area contributed by atoms with E-state index in [1.54, 1.807) is 6.20 Å². The molecule has 0 saturated carbocycles. The Kier molecular flexibility index (Phi) is 5.94. The number of benzene rings is 2. The van der Waals surface area contributed by atoms with Crippen LogP contribution >= 0.6 is 11.6 Å². The molecule has 0 unspecified atom stereocenters. The van der Waals surface area contributed by atoms with Gasteiger partial charge in [-0.05, 0) is 36.4 Å². The number of fused-ring (bicyclic) bond motifs is 1. The van der Waals surface area contributed by atoms with E-state index in [2.05, 4.69) is 35.6 Å². The molecule has 174 valence electrons. The van der Waals surface area contributed by atoms with Crippen molar-refractivity contribution in [3.63, 3.8) is 0 Å². The van der Waals surface area contributed by atoms with E-state index in [4.69, 9.17) is 11.6 Å². The Bertz CT molecular complexity index is 1520. The summed E-state index contributed by atoms with van der Waals surface area (Å²) in [5.74, 6) is -0.296. The summed E-state index contributed by atoms with van der Waals surface area (Å²) in [6.07, 6.45) is 4.34. The monoisotopic (exact) mass is 489 g/mol. The van der Waals surface area contributed by atoms with Crippen molar-refractivity contribution in [3.05, 3.63) is 89.3 Å². The van der Waals surface area contributed by atoms with Gasteiger partial charge in [0, 0.05) is 35.4 Å². The molecule has 0 radical (unpaired) electrons. The fraction of sp³-hybridized carbons (Fsp3) is 0.0417. The molecule has 9 nitrogen and oxygen atoms in total. The lowest BCUT2D eigenvalue weighted by atomic mass is 10.1. The van der Waals surface area contributed by atoms with Crippen molar-refractivity contribution in [1.29, 1.82) is 0 Å². The van der Waals surface area contributed by atoms with Crippen molar-refractivity contribution < 1.29 is 14.3 Å². The molecule has 5 rings (SSSR count). The smallest absolute Gasteiger partial charge is 0.337 e. The number of aromatic amines is 1. The summed E-state index contributed by atoms with van der Waals surface area (Å²) in [4.78, 5) is 32.1. The third-order valence-electron chi connectivity index (χ3n) is 5.12. The number of para-hydroxylation sites is 2. The van der Waals surface area contributed by atoms with Gasteiger partial charge in [-0.3, -0.25) is 4.98 Å². The van der Waals surface area contributed by atoms with Crippen LogP contribution in [0.3, 0.4) is 0 Å². The number of nitrogens with one attached hydrogen (secondary N) is 3. The number of aromatic nitrogens is 5. The highest BCUT2D eigenvalue weighted by atomic mass is 35.5. The predicted molar refractivity (Wildman–Crippen MR) is 130 cm³/mol. The molecule has 11 heteroatoms. The zero-order valence-electron chi connectivity index (χ0n) is 18.0. The van der Waals surface area contributed by atoms with Crippen LogP contribution in [0.15, 0.2) is 67.1 Å². The fourth-order valence-electron chi connectivity index (χ4n) is 3.45. The average molecular weight is 490 g/mol. The summed E-state index contributed by atoms with van der Waals surface area (Å²) < 4.78 is 13.5. The van der Waals surface area contributed by atoms with Crippen molar-refractivity contribution >= 4 is 46.1 Å². The number of hydrogen-bond donors (Lipinski definition) is 4. The Morgan fingerprint density at radius 1 is 1.09 bits per heavy atom. The molecule has 0 fully saturated rings. The standard InChI is InChI=1S/C24H17ClFN7O2/c25-17-8-15(5-6-18(17)26)30-24-29-11-16(13-7-14(23(34)35)10-27-9-13)22(33-24)28-12-21-31-19-3-1-2-4-20(19)32-21/h1-11H,12H2,(H,31,32)(H,34,35)(H2,28,29,30,33). The Labute approximate surface area is 203 Å². The Morgan fingerprint density at radius 2 is 1.94 bits per heavy atom. The number of rotatable bonds is 7. The van der Waals surface area contributed by atoms with Crippen molar-refractivity contribution in [1.82, 2.24) is 24.9 Å². The van der Waals surface area contributed by atoms with E-state index in [-0.39, 0.29) is 16.5 Å². The zero-order valence-corrected chi connectivity index (χ0v) is 18.7. The number of carbonyl (C=O) groups is 1. The molecule has 4 N–H and O–H groups in total. The lowest BCUT2D eigenvalue weighted by molar-refractivity contribution is 0.0696. The van der Waals surface area contributed by atoms with Gasteiger partial charge in [-0.15, -0.1) is 0 Å². The molecule has 0 saturated heterocycles. The molecular weight excluding hydrogens is 473 g/mol. The highest BCUT2D eigenvalue weighted by Gasteiger charge is 2.14. The van der Waals surface area contributed by atoms with Crippen LogP contribution in [0.2, 0.25) is 5.02 Å². The molecule has 35 heavy (non-hydrogen) atoms. The number of aromatic carboxylic acids is 1. The van der Waals surface area contributed by atoms with Crippen molar-refractivity contribution in [2.24, 2.45) is 0 Å². The van der Waals surface area contributed by atoms with E-state index in [1.165, 1.54) is 36.7 Å². The summed E-state index contributed by atoms with van der Waals surface area (Å²) in [6, 6.07) is 13.3. The topological polar surface area (TPSA) is 129 Å². The van der Waals surface area contributed by atoms with E-state index in [0.29, 0.717) is 35.0 Å². The fourth-order valence-corrected chi connectivity index (χ4v) is 3.63. The van der Waals surface area contributed by atoms with Crippen LogP contribution in [0.25, 0.3) is 22.2 Å². The second-order valence-electron chi connectivity index (χ2n) is 7.53. The number of imidazole rings is 1. The van der Waals surface area contributed by atoms with Gasteiger partial charge in [-0.2, -0.15) is 4.98 Å². The summed E-state index contributed by atoms with van der Waals surface area (Å²) in [7, 11) is 0. The van der Waals surface area contributed by atoms with Crippen LogP contribution in [-0.4, -0.2) is 36.0 Å². The zero-order chi connectivity index (χ0) is 24.4. The van der Waals surface area contributed by atoms with Gasteiger partial charge in [0.15, 0.2) is 0 Å². The average Bonchev–Trinajstić information content (AvgIpc) is 3.28. The van der Waals surface area contributed by atoms with Crippen LogP contribution in [0.5, 0.6) is 0 Å². The van der Waals surface area contributed by atoms with Gasteiger partial charge < -0.3 is 20.7 Å². The lowest BCUT2D eigenvalue weighted by Crippen LogP contribution is -2.08. The number of anilines is 3. The summed E-state index contributed by atoms with van der Waals surface area (Å²) >= 11 is 5.87. The minimum atomic E-state index is -1.09. The van der Waals surface area contributed by atoms with Crippen LogP contribution in [0.4, 0.5) is 21.8 Å². The molecule has 0 bridgehead atoms.